The molecule has 0 heterocycles. The van der Waals surface area contributed by atoms with Crippen LogP contribution in [-0.4, -0.2) is 6.61 Å². The second kappa shape index (κ2) is 6.91. The van der Waals surface area contributed by atoms with Crippen LogP contribution in [0.1, 0.15) is 5.56 Å². The standard InChI is InChI=1S/C14H10Cl2F3NO/c15-9-2-4-13(21-14(18)19)8(5-9)7-20-12-3-1-10(16)6-11(12)17/h1-6,14,20H,7H2. The minimum atomic E-state index is -2.95. The first-order valence-electron chi connectivity index (χ1n) is 5.88. The Morgan fingerprint density at radius 1 is 1.05 bits per heavy atom. The van der Waals surface area contributed by atoms with Crippen molar-refractivity contribution in [3.05, 3.63) is 57.8 Å². The number of hydrogen-bond donors (Lipinski definition) is 1. The van der Waals surface area contributed by atoms with E-state index in [0.717, 1.165) is 6.07 Å². The third-order valence-corrected chi connectivity index (χ3v) is 3.11. The maximum Gasteiger partial charge on any atom is 0.387 e. The Morgan fingerprint density at radius 3 is 2.38 bits per heavy atom. The van der Waals surface area contributed by atoms with Crippen LogP contribution in [0.15, 0.2) is 36.4 Å². The smallest absolute Gasteiger partial charge is 0.387 e. The van der Waals surface area contributed by atoms with Crippen LogP contribution in [0.3, 0.4) is 0 Å². The van der Waals surface area contributed by atoms with Crippen molar-refractivity contribution in [2.24, 2.45) is 0 Å². The van der Waals surface area contributed by atoms with E-state index < -0.39 is 12.4 Å². The van der Waals surface area contributed by atoms with Gasteiger partial charge >= 0.3 is 6.61 Å². The van der Waals surface area contributed by atoms with Crippen LogP contribution in [-0.2, 0) is 6.54 Å². The van der Waals surface area contributed by atoms with Crippen molar-refractivity contribution in [3.8, 4) is 5.75 Å². The average molecular weight is 336 g/mol. The van der Waals surface area contributed by atoms with Gasteiger partial charge in [0.25, 0.3) is 0 Å². The fourth-order valence-corrected chi connectivity index (χ4v) is 2.07. The molecule has 0 saturated heterocycles. The number of ether oxygens (including phenoxy) is 1. The topological polar surface area (TPSA) is 21.3 Å². The monoisotopic (exact) mass is 335 g/mol. The largest absolute Gasteiger partial charge is 0.434 e. The molecule has 0 bridgehead atoms. The number of rotatable bonds is 5. The first-order valence-corrected chi connectivity index (χ1v) is 6.63. The molecule has 2 nitrogen and oxygen atoms in total. The number of benzene rings is 2. The summed E-state index contributed by atoms with van der Waals surface area (Å²) in [6.07, 6.45) is 0. The van der Waals surface area contributed by atoms with E-state index in [0.29, 0.717) is 10.6 Å². The van der Waals surface area contributed by atoms with Gasteiger partial charge in [-0.25, -0.2) is 4.39 Å². The lowest BCUT2D eigenvalue weighted by molar-refractivity contribution is -0.0504. The van der Waals surface area contributed by atoms with Crippen LogP contribution in [0.5, 0.6) is 5.75 Å². The second-order valence-corrected chi connectivity index (χ2v) is 4.98. The van der Waals surface area contributed by atoms with Crippen LogP contribution in [0.4, 0.5) is 18.9 Å². The fraction of sp³-hybridized carbons (Fsp3) is 0.143. The van der Waals surface area contributed by atoms with Gasteiger partial charge in [-0.1, -0.05) is 23.2 Å². The van der Waals surface area contributed by atoms with Crippen molar-refractivity contribution in [1.29, 1.82) is 0 Å². The quantitative estimate of drug-likeness (QED) is 0.795. The van der Waals surface area contributed by atoms with Crippen molar-refractivity contribution in [3.63, 3.8) is 0 Å². The molecule has 2 aromatic carbocycles. The van der Waals surface area contributed by atoms with E-state index in [-0.39, 0.29) is 23.0 Å². The minimum absolute atomic E-state index is 0.0173. The SMILES string of the molecule is Fc1cc(Cl)ccc1NCc1cc(Cl)ccc1OC(F)F. The summed E-state index contributed by atoms with van der Waals surface area (Å²) in [6, 6.07) is 8.37. The van der Waals surface area contributed by atoms with Gasteiger partial charge in [0.2, 0.25) is 0 Å². The van der Waals surface area contributed by atoms with Crippen molar-refractivity contribution >= 4 is 28.9 Å². The van der Waals surface area contributed by atoms with Crippen LogP contribution < -0.4 is 10.1 Å². The number of hydrogen-bond acceptors (Lipinski definition) is 2. The minimum Gasteiger partial charge on any atom is -0.434 e. The molecule has 0 aliphatic heterocycles. The predicted octanol–water partition coefficient (Wildman–Crippen LogP) is 5.35. The van der Waals surface area contributed by atoms with E-state index in [1.165, 1.54) is 30.3 Å². The molecule has 112 valence electrons. The highest BCUT2D eigenvalue weighted by Gasteiger charge is 2.11. The first-order chi connectivity index (χ1) is 9.95. The highest BCUT2D eigenvalue weighted by molar-refractivity contribution is 6.31. The molecule has 2 rings (SSSR count). The van der Waals surface area contributed by atoms with Crippen LogP contribution in [0.25, 0.3) is 0 Å². The van der Waals surface area contributed by atoms with Gasteiger partial charge in [0, 0.05) is 22.2 Å². The lowest BCUT2D eigenvalue weighted by atomic mass is 10.2. The summed E-state index contributed by atoms with van der Waals surface area (Å²) in [4.78, 5) is 0. The highest BCUT2D eigenvalue weighted by Crippen LogP contribution is 2.26. The molecule has 0 amide bonds. The van der Waals surface area contributed by atoms with Crippen LogP contribution in [0.2, 0.25) is 10.0 Å². The van der Waals surface area contributed by atoms with E-state index >= 15 is 0 Å². The molecule has 0 aliphatic rings. The van der Waals surface area contributed by atoms with Gasteiger partial charge in [0.1, 0.15) is 11.6 Å². The summed E-state index contributed by atoms with van der Waals surface area (Å²) in [5, 5.41) is 3.41. The molecule has 21 heavy (non-hydrogen) atoms. The summed E-state index contributed by atoms with van der Waals surface area (Å²) in [5.41, 5.74) is 0.583. The van der Waals surface area contributed by atoms with E-state index in [1.807, 2.05) is 0 Å². The van der Waals surface area contributed by atoms with Gasteiger partial charge in [-0.3, -0.25) is 0 Å². The van der Waals surface area contributed by atoms with Gasteiger partial charge in [-0.05, 0) is 36.4 Å². The Balaban J connectivity index is 2.16. The van der Waals surface area contributed by atoms with Crippen molar-refractivity contribution < 1.29 is 17.9 Å². The zero-order valence-electron chi connectivity index (χ0n) is 10.5. The molecular formula is C14H10Cl2F3NO. The number of alkyl halides is 2. The van der Waals surface area contributed by atoms with Crippen LogP contribution >= 0.6 is 23.2 Å². The zero-order chi connectivity index (χ0) is 15.4. The zero-order valence-corrected chi connectivity index (χ0v) is 12.1. The normalized spacial score (nSPS) is 10.8. The molecule has 1 N–H and O–H groups in total. The van der Waals surface area contributed by atoms with Gasteiger partial charge < -0.3 is 10.1 Å². The Kier molecular flexibility index (Phi) is 5.20. The van der Waals surface area contributed by atoms with Crippen molar-refractivity contribution in [1.82, 2.24) is 0 Å². The molecule has 0 aromatic heterocycles. The van der Waals surface area contributed by atoms with E-state index in [4.69, 9.17) is 23.2 Å². The molecule has 0 radical (unpaired) electrons. The van der Waals surface area contributed by atoms with Crippen molar-refractivity contribution in [2.75, 3.05) is 5.32 Å². The first kappa shape index (κ1) is 15.8. The molecule has 2 aromatic rings. The van der Waals surface area contributed by atoms with Crippen LogP contribution in [0, 0.1) is 5.82 Å². The number of halogens is 5. The highest BCUT2D eigenvalue weighted by atomic mass is 35.5. The lowest BCUT2D eigenvalue weighted by Gasteiger charge is -2.13. The molecule has 0 saturated carbocycles. The lowest BCUT2D eigenvalue weighted by Crippen LogP contribution is -2.07. The van der Waals surface area contributed by atoms with Gasteiger partial charge in [-0.2, -0.15) is 8.78 Å². The summed E-state index contributed by atoms with van der Waals surface area (Å²) in [6.45, 7) is -2.88. The summed E-state index contributed by atoms with van der Waals surface area (Å²) in [7, 11) is 0. The molecule has 0 fully saturated rings. The summed E-state index contributed by atoms with van der Waals surface area (Å²) >= 11 is 11.5. The third kappa shape index (κ3) is 4.44. The average Bonchev–Trinajstić information content (AvgIpc) is 2.40. The predicted molar refractivity (Wildman–Crippen MR) is 76.8 cm³/mol. The maximum atomic E-state index is 13.6. The van der Waals surface area contributed by atoms with Gasteiger partial charge in [0.05, 0.1) is 5.69 Å². The van der Waals surface area contributed by atoms with E-state index in [1.54, 1.807) is 0 Å². The summed E-state index contributed by atoms with van der Waals surface area (Å²) < 4.78 is 42.7. The maximum absolute atomic E-state index is 13.6. The molecular weight excluding hydrogens is 326 g/mol. The van der Waals surface area contributed by atoms with Gasteiger partial charge in [-0.15, -0.1) is 0 Å². The Bertz CT molecular complexity index is 638. The molecule has 0 unspecified atom stereocenters. The number of nitrogens with one attached hydrogen (secondary N) is 1. The number of anilines is 1. The van der Waals surface area contributed by atoms with E-state index in [2.05, 4.69) is 10.1 Å². The third-order valence-electron chi connectivity index (χ3n) is 2.64. The Labute approximate surface area is 129 Å². The molecule has 7 heteroatoms. The second-order valence-electron chi connectivity index (χ2n) is 4.11. The molecule has 0 spiro atoms. The Hall–Kier alpha value is -1.59. The molecule has 0 aliphatic carbocycles. The van der Waals surface area contributed by atoms with Crippen molar-refractivity contribution in [2.45, 2.75) is 13.2 Å². The van der Waals surface area contributed by atoms with E-state index in [9.17, 15) is 13.2 Å². The summed E-state index contributed by atoms with van der Waals surface area (Å²) in [5.74, 6) is -0.558. The Morgan fingerprint density at radius 2 is 1.71 bits per heavy atom. The molecule has 0 atom stereocenters. The fourth-order valence-electron chi connectivity index (χ4n) is 1.72. The van der Waals surface area contributed by atoms with Gasteiger partial charge in [0.15, 0.2) is 0 Å².